The Kier molecular flexibility index (Phi) is 4.70. The molecule has 17 heavy (non-hydrogen) atoms. The third-order valence-corrected chi connectivity index (χ3v) is 4.56. The SMILES string of the molecule is CCC1NC(C)C(=O)N1CCN1CCSCC1. The van der Waals surface area contributed by atoms with Crippen LogP contribution in [0.25, 0.3) is 0 Å². The van der Waals surface area contributed by atoms with Crippen molar-refractivity contribution in [3.8, 4) is 0 Å². The van der Waals surface area contributed by atoms with Crippen molar-refractivity contribution in [1.82, 2.24) is 15.1 Å². The normalized spacial score (nSPS) is 31.2. The van der Waals surface area contributed by atoms with Gasteiger partial charge in [0.25, 0.3) is 0 Å². The van der Waals surface area contributed by atoms with Crippen molar-refractivity contribution in [2.45, 2.75) is 32.5 Å². The Hall–Kier alpha value is -0.260. The smallest absolute Gasteiger partial charge is 0.240 e. The van der Waals surface area contributed by atoms with Crippen molar-refractivity contribution in [3.63, 3.8) is 0 Å². The van der Waals surface area contributed by atoms with Crippen molar-refractivity contribution in [1.29, 1.82) is 0 Å². The number of amides is 1. The summed E-state index contributed by atoms with van der Waals surface area (Å²) in [5, 5.41) is 3.34. The van der Waals surface area contributed by atoms with E-state index >= 15 is 0 Å². The molecule has 2 aliphatic rings. The molecule has 2 fully saturated rings. The summed E-state index contributed by atoms with van der Waals surface area (Å²) in [5.74, 6) is 2.74. The maximum absolute atomic E-state index is 12.0. The van der Waals surface area contributed by atoms with Gasteiger partial charge in [-0.3, -0.25) is 15.0 Å². The molecule has 2 heterocycles. The third-order valence-electron chi connectivity index (χ3n) is 3.62. The number of nitrogens with one attached hydrogen (secondary N) is 1. The van der Waals surface area contributed by atoms with Gasteiger partial charge in [0, 0.05) is 37.7 Å². The molecule has 5 heteroatoms. The van der Waals surface area contributed by atoms with Crippen LogP contribution in [0.15, 0.2) is 0 Å². The van der Waals surface area contributed by atoms with Crippen LogP contribution >= 0.6 is 11.8 Å². The monoisotopic (exact) mass is 257 g/mol. The van der Waals surface area contributed by atoms with Crippen LogP contribution in [-0.4, -0.2) is 65.6 Å². The predicted octanol–water partition coefficient (Wildman–Crippen LogP) is 0.592. The molecule has 0 spiro atoms. The molecule has 0 radical (unpaired) electrons. The van der Waals surface area contributed by atoms with E-state index in [4.69, 9.17) is 0 Å². The van der Waals surface area contributed by atoms with Gasteiger partial charge in [-0.1, -0.05) is 6.92 Å². The third kappa shape index (κ3) is 3.14. The number of hydrogen-bond donors (Lipinski definition) is 1. The van der Waals surface area contributed by atoms with Gasteiger partial charge in [-0.05, 0) is 13.3 Å². The maximum Gasteiger partial charge on any atom is 0.240 e. The standard InChI is InChI=1S/C12H23N3OS/c1-3-11-13-10(2)12(16)15(11)5-4-14-6-8-17-9-7-14/h10-11,13H,3-9H2,1-2H3. The molecule has 4 nitrogen and oxygen atoms in total. The van der Waals surface area contributed by atoms with Crippen LogP contribution in [0.3, 0.4) is 0 Å². The minimum atomic E-state index is -0.00291. The van der Waals surface area contributed by atoms with Crippen LogP contribution in [0.2, 0.25) is 0 Å². The molecular formula is C12H23N3OS. The first-order valence-corrected chi connectivity index (χ1v) is 7.74. The Morgan fingerprint density at radius 3 is 2.71 bits per heavy atom. The number of thioether (sulfide) groups is 1. The van der Waals surface area contributed by atoms with E-state index in [0.717, 1.165) is 19.5 Å². The second kappa shape index (κ2) is 6.07. The quantitative estimate of drug-likeness (QED) is 0.800. The Morgan fingerprint density at radius 1 is 1.35 bits per heavy atom. The summed E-state index contributed by atoms with van der Waals surface area (Å²) < 4.78 is 0. The van der Waals surface area contributed by atoms with Gasteiger partial charge in [0.15, 0.2) is 0 Å². The topological polar surface area (TPSA) is 35.6 Å². The van der Waals surface area contributed by atoms with Crippen molar-refractivity contribution in [3.05, 3.63) is 0 Å². The molecule has 0 bridgehead atoms. The van der Waals surface area contributed by atoms with Crippen LogP contribution in [0.4, 0.5) is 0 Å². The molecule has 0 aromatic carbocycles. The van der Waals surface area contributed by atoms with Gasteiger partial charge in [-0.25, -0.2) is 0 Å². The summed E-state index contributed by atoms with van der Waals surface area (Å²) in [6.45, 7) is 8.34. The number of carbonyl (C=O) groups excluding carboxylic acids is 1. The predicted molar refractivity (Wildman–Crippen MR) is 72.2 cm³/mol. The van der Waals surface area contributed by atoms with Gasteiger partial charge in [-0.15, -0.1) is 0 Å². The fourth-order valence-corrected chi connectivity index (χ4v) is 3.51. The summed E-state index contributed by atoms with van der Waals surface area (Å²) in [6, 6.07) is -0.00291. The number of nitrogens with zero attached hydrogens (tertiary/aromatic N) is 2. The molecular weight excluding hydrogens is 234 g/mol. The molecule has 2 unspecified atom stereocenters. The molecule has 0 aromatic rings. The molecule has 0 aromatic heterocycles. The summed E-state index contributed by atoms with van der Waals surface area (Å²) in [4.78, 5) is 16.5. The summed E-state index contributed by atoms with van der Waals surface area (Å²) in [5.41, 5.74) is 0. The zero-order chi connectivity index (χ0) is 12.3. The maximum atomic E-state index is 12.0. The fourth-order valence-electron chi connectivity index (χ4n) is 2.53. The van der Waals surface area contributed by atoms with Gasteiger partial charge in [0.2, 0.25) is 5.91 Å². The molecule has 2 rings (SSSR count). The average molecular weight is 257 g/mol. The van der Waals surface area contributed by atoms with Gasteiger partial charge in [-0.2, -0.15) is 11.8 Å². The minimum absolute atomic E-state index is 0.00291. The number of rotatable bonds is 4. The highest BCUT2D eigenvalue weighted by molar-refractivity contribution is 7.99. The molecule has 0 saturated carbocycles. The Labute approximate surface area is 108 Å². The number of carbonyl (C=O) groups is 1. The average Bonchev–Trinajstić information content (AvgIpc) is 2.64. The van der Waals surface area contributed by atoms with E-state index in [9.17, 15) is 4.79 Å². The van der Waals surface area contributed by atoms with E-state index in [1.54, 1.807) is 0 Å². The van der Waals surface area contributed by atoms with Gasteiger partial charge >= 0.3 is 0 Å². The summed E-state index contributed by atoms with van der Waals surface area (Å²) in [6.07, 6.45) is 1.24. The second-order valence-corrected chi connectivity index (χ2v) is 6.02. The van der Waals surface area contributed by atoms with Gasteiger partial charge in [0.05, 0.1) is 12.2 Å². The summed E-state index contributed by atoms with van der Waals surface area (Å²) in [7, 11) is 0. The lowest BCUT2D eigenvalue weighted by Crippen LogP contribution is -2.44. The largest absolute Gasteiger partial charge is 0.325 e. The molecule has 2 saturated heterocycles. The highest BCUT2D eigenvalue weighted by atomic mass is 32.2. The van der Waals surface area contributed by atoms with Crippen LogP contribution in [-0.2, 0) is 4.79 Å². The lowest BCUT2D eigenvalue weighted by atomic mass is 10.3. The number of hydrogen-bond acceptors (Lipinski definition) is 4. The van der Waals surface area contributed by atoms with E-state index < -0.39 is 0 Å². The minimum Gasteiger partial charge on any atom is -0.325 e. The van der Waals surface area contributed by atoms with E-state index in [2.05, 4.69) is 17.1 Å². The van der Waals surface area contributed by atoms with E-state index in [0.29, 0.717) is 0 Å². The molecule has 1 N–H and O–H groups in total. The molecule has 98 valence electrons. The van der Waals surface area contributed by atoms with Crippen LogP contribution in [0.1, 0.15) is 20.3 Å². The molecule has 0 aliphatic carbocycles. The van der Waals surface area contributed by atoms with E-state index in [1.165, 1.54) is 24.6 Å². The Bertz CT molecular complexity index is 268. The first-order valence-electron chi connectivity index (χ1n) is 6.59. The van der Waals surface area contributed by atoms with Crippen molar-refractivity contribution >= 4 is 17.7 Å². The fraction of sp³-hybridized carbons (Fsp3) is 0.917. The molecule has 2 aliphatic heterocycles. The molecule has 2 atom stereocenters. The van der Waals surface area contributed by atoms with Gasteiger partial charge in [0.1, 0.15) is 0 Å². The zero-order valence-corrected chi connectivity index (χ0v) is 11.6. The van der Waals surface area contributed by atoms with Crippen LogP contribution < -0.4 is 5.32 Å². The first-order chi connectivity index (χ1) is 8.22. The second-order valence-electron chi connectivity index (χ2n) is 4.80. The Morgan fingerprint density at radius 2 is 2.06 bits per heavy atom. The Balaban J connectivity index is 1.82. The summed E-state index contributed by atoms with van der Waals surface area (Å²) >= 11 is 2.03. The van der Waals surface area contributed by atoms with Crippen LogP contribution in [0, 0.1) is 0 Å². The van der Waals surface area contributed by atoms with Crippen molar-refractivity contribution < 1.29 is 4.79 Å². The first kappa shape index (κ1) is 13.2. The van der Waals surface area contributed by atoms with Crippen LogP contribution in [0.5, 0.6) is 0 Å². The lowest BCUT2D eigenvalue weighted by Gasteiger charge is -2.30. The molecule has 1 amide bonds. The zero-order valence-electron chi connectivity index (χ0n) is 10.8. The van der Waals surface area contributed by atoms with E-state index in [-0.39, 0.29) is 18.1 Å². The van der Waals surface area contributed by atoms with Crippen molar-refractivity contribution in [2.24, 2.45) is 0 Å². The highest BCUT2D eigenvalue weighted by Crippen LogP contribution is 2.14. The van der Waals surface area contributed by atoms with E-state index in [1.807, 2.05) is 23.6 Å². The lowest BCUT2D eigenvalue weighted by molar-refractivity contribution is -0.130. The van der Waals surface area contributed by atoms with Crippen molar-refractivity contribution in [2.75, 3.05) is 37.7 Å². The highest BCUT2D eigenvalue weighted by Gasteiger charge is 2.34. The van der Waals surface area contributed by atoms with Gasteiger partial charge < -0.3 is 4.90 Å².